The first kappa shape index (κ1) is 16.5. The summed E-state index contributed by atoms with van der Waals surface area (Å²) < 4.78 is 18.6. The van der Waals surface area contributed by atoms with Gasteiger partial charge in [-0.15, -0.1) is 0 Å². The lowest BCUT2D eigenvalue weighted by Crippen LogP contribution is -2.28. The van der Waals surface area contributed by atoms with E-state index in [1.807, 2.05) is 6.07 Å². The van der Waals surface area contributed by atoms with Crippen LogP contribution in [-0.2, 0) is 6.61 Å². The Balaban J connectivity index is 2.09. The van der Waals surface area contributed by atoms with Gasteiger partial charge in [-0.25, -0.2) is 4.39 Å². The maximum Gasteiger partial charge on any atom is 0.257 e. The maximum atomic E-state index is 12.9. The Morgan fingerprint density at radius 3 is 2.61 bits per heavy atom. The van der Waals surface area contributed by atoms with E-state index in [9.17, 15) is 9.18 Å². The van der Waals surface area contributed by atoms with Crippen molar-refractivity contribution in [1.29, 1.82) is 5.26 Å². The van der Waals surface area contributed by atoms with Gasteiger partial charge in [-0.1, -0.05) is 24.3 Å². The number of rotatable bonds is 6. The lowest BCUT2D eigenvalue weighted by atomic mass is 10.1. The fourth-order valence-corrected chi connectivity index (χ4v) is 2.04. The van der Waals surface area contributed by atoms with Crippen LogP contribution in [0, 0.1) is 17.1 Å². The summed E-state index contributed by atoms with van der Waals surface area (Å²) in [6.45, 7) is 0.605. The molecule has 118 valence electrons. The summed E-state index contributed by atoms with van der Waals surface area (Å²) >= 11 is 0. The Hall–Kier alpha value is -2.87. The van der Waals surface area contributed by atoms with Gasteiger partial charge in [0.25, 0.3) is 5.91 Å². The SMILES string of the molecule is CN(CCC#N)C(=O)c1ccccc1OCc1ccc(F)cc1. The standard InChI is InChI=1S/C18H17FN2O2/c1-21(12-4-11-20)18(22)16-5-2-3-6-17(16)23-13-14-7-9-15(19)10-8-14/h2-3,5-10H,4,12-13H2,1H3. The molecule has 5 heteroatoms. The van der Waals surface area contributed by atoms with Crippen LogP contribution < -0.4 is 4.74 Å². The van der Waals surface area contributed by atoms with Gasteiger partial charge in [0.15, 0.2) is 0 Å². The zero-order valence-corrected chi connectivity index (χ0v) is 12.8. The number of hydrogen-bond acceptors (Lipinski definition) is 3. The molecule has 0 heterocycles. The second kappa shape index (κ2) is 7.95. The number of amides is 1. The Labute approximate surface area is 134 Å². The van der Waals surface area contributed by atoms with Gasteiger partial charge in [-0.05, 0) is 29.8 Å². The smallest absolute Gasteiger partial charge is 0.257 e. The molecule has 0 saturated heterocycles. The molecule has 0 atom stereocenters. The first-order valence-corrected chi connectivity index (χ1v) is 7.20. The Morgan fingerprint density at radius 1 is 1.22 bits per heavy atom. The largest absolute Gasteiger partial charge is 0.488 e. The maximum absolute atomic E-state index is 12.9. The number of ether oxygens (including phenoxy) is 1. The predicted molar refractivity (Wildman–Crippen MR) is 84.4 cm³/mol. The summed E-state index contributed by atoms with van der Waals surface area (Å²) in [6, 6.07) is 15.0. The van der Waals surface area contributed by atoms with Crippen LogP contribution in [0.1, 0.15) is 22.3 Å². The highest BCUT2D eigenvalue weighted by Crippen LogP contribution is 2.21. The number of carbonyl (C=O) groups excluding carboxylic acids is 1. The quantitative estimate of drug-likeness (QED) is 0.821. The highest BCUT2D eigenvalue weighted by molar-refractivity contribution is 5.96. The van der Waals surface area contributed by atoms with E-state index in [1.165, 1.54) is 17.0 Å². The van der Waals surface area contributed by atoms with Crippen LogP contribution >= 0.6 is 0 Å². The van der Waals surface area contributed by atoms with Crippen molar-refractivity contribution in [2.24, 2.45) is 0 Å². The van der Waals surface area contributed by atoms with E-state index in [1.54, 1.807) is 43.4 Å². The number of hydrogen-bond donors (Lipinski definition) is 0. The molecular weight excluding hydrogens is 295 g/mol. The third-order valence-electron chi connectivity index (χ3n) is 3.33. The van der Waals surface area contributed by atoms with Crippen molar-refractivity contribution >= 4 is 5.91 Å². The normalized spacial score (nSPS) is 9.96. The first-order chi connectivity index (χ1) is 11.1. The second-order valence-corrected chi connectivity index (χ2v) is 5.05. The van der Waals surface area contributed by atoms with Crippen molar-refractivity contribution in [3.05, 3.63) is 65.5 Å². The minimum absolute atomic E-state index is 0.199. The Bertz CT molecular complexity index is 708. The van der Waals surface area contributed by atoms with Crippen LogP contribution in [0.15, 0.2) is 48.5 Å². The highest BCUT2D eigenvalue weighted by atomic mass is 19.1. The van der Waals surface area contributed by atoms with Crippen molar-refractivity contribution in [1.82, 2.24) is 4.90 Å². The molecule has 0 unspecified atom stereocenters. The highest BCUT2D eigenvalue weighted by Gasteiger charge is 2.16. The van der Waals surface area contributed by atoms with E-state index in [2.05, 4.69) is 0 Å². The number of carbonyl (C=O) groups is 1. The average molecular weight is 312 g/mol. The van der Waals surface area contributed by atoms with E-state index in [0.717, 1.165) is 5.56 Å². The number of para-hydroxylation sites is 1. The van der Waals surface area contributed by atoms with Crippen molar-refractivity contribution in [3.63, 3.8) is 0 Å². The molecule has 0 saturated carbocycles. The molecule has 0 aliphatic heterocycles. The first-order valence-electron chi connectivity index (χ1n) is 7.20. The average Bonchev–Trinajstić information content (AvgIpc) is 2.58. The van der Waals surface area contributed by atoms with Crippen LogP contribution in [0.4, 0.5) is 4.39 Å². The van der Waals surface area contributed by atoms with Gasteiger partial charge in [-0.2, -0.15) is 5.26 Å². The summed E-state index contributed by atoms with van der Waals surface area (Å²) in [5.41, 5.74) is 1.25. The number of nitrogens with zero attached hydrogens (tertiary/aromatic N) is 2. The molecule has 0 aliphatic rings. The van der Waals surface area contributed by atoms with Crippen molar-refractivity contribution < 1.29 is 13.9 Å². The van der Waals surface area contributed by atoms with Gasteiger partial charge >= 0.3 is 0 Å². The van der Waals surface area contributed by atoms with E-state index in [0.29, 0.717) is 17.9 Å². The summed E-state index contributed by atoms with van der Waals surface area (Å²) in [6.07, 6.45) is 0.279. The minimum Gasteiger partial charge on any atom is -0.488 e. The summed E-state index contributed by atoms with van der Waals surface area (Å²) in [7, 11) is 1.65. The lowest BCUT2D eigenvalue weighted by Gasteiger charge is -2.18. The second-order valence-electron chi connectivity index (χ2n) is 5.05. The summed E-state index contributed by atoms with van der Waals surface area (Å²) in [5.74, 6) is -0.0379. The third-order valence-corrected chi connectivity index (χ3v) is 3.33. The van der Waals surface area contributed by atoms with Gasteiger partial charge in [0, 0.05) is 13.6 Å². The van der Waals surface area contributed by atoms with Crippen molar-refractivity contribution in [3.8, 4) is 11.8 Å². The number of halogens is 1. The molecule has 4 nitrogen and oxygen atoms in total. The molecule has 0 bridgehead atoms. The van der Waals surface area contributed by atoms with Crippen LogP contribution in [0.2, 0.25) is 0 Å². The monoisotopic (exact) mass is 312 g/mol. The molecule has 0 aromatic heterocycles. The Kier molecular flexibility index (Phi) is 5.70. The molecule has 2 aromatic carbocycles. The van der Waals surface area contributed by atoms with Gasteiger partial charge in [0.05, 0.1) is 18.1 Å². The molecule has 0 aliphatic carbocycles. The van der Waals surface area contributed by atoms with Crippen LogP contribution in [0.5, 0.6) is 5.75 Å². The van der Waals surface area contributed by atoms with Gasteiger partial charge in [0.1, 0.15) is 18.2 Å². The van der Waals surface area contributed by atoms with Crippen molar-refractivity contribution in [2.45, 2.75) is 13.0 Å². The third kappa shape index (κ3) is 4.55. The molecule has 0 N–H and O–H groups in total. The lowest BCUT2D eigenvalue weighted by molar-refractivity contribution is 0.0793. The number of nitriles is 1. The Morgan fingerprint density at radius 2 is 1.91 bits per heavy atom. The van der Waals surface area contributed by atoms with Crippen LogP contribution in [0.25, 0.3) is 0 Å². The fraction of sp³-hybridized carbons (Fsp3) is 0.222. The molecule has 23 heavy (non-hydrogen) atoms. The summed E-state index contributed by atoms with van der Waals surface area (Å²) in [4.78, 5) is 13.9. The van der Waals surface area contributed by atoms with Crippen molar-refractivity contribution in [2.75, 3.05) is 13.6 Å². The minimum atomic E-state index is -0.302. The van der Waals surface area contributed by atoms with E-state index < -0.39 is 0 Å². The zero-order valence-electron chi connectivity index (χ0n) is 12.8. The van der Waals surface area contributed by atoms with E-state index in [-0.39, 0.29) is 24.8 Å². The van der Waals surface area contributed by atoms with Gasteiger partial charge < -0.3 is 9.64 Å². The zero-order chi connectivity index (χ0) is 16.7. The molecule has 0 radical (unpaired) electrons. The van der Waals surface area contributed by atoms with Crippen LogP contribution in [0.3, 0.4) is 0 Å². The molecule has 0 fully saturated rings. The molecule has 2 rings (SSSR count). The molecule has 2 aromatic rings. The molecule has 0 spiro atoms. The topological polar surface area (TPSA) is 53.3 Å². The molecular formula is C18H17FN2O2. The molecule has 1 amide bonds. The fourth-order valence-electron chi connectivity index (χ4n) is 2.04. The summed E-state index contributed by atoms with van der Waals surface area (Å²) in [5, 5.41) is 8.61. The van der Waals surface area contributed by atoms with Gasteiger partial charge in [-0.3, -0.25) is 4.79 Å². The predicted octanol–water partition coefficient (Wildman–Crippen LogP) is 3.39. The van der Waals surface area contributed by atoms with Crippen LogP contribution in [-0.4, -0.2) is 24.4 Å². The van der Waals surface area contributed by atoms with E-state index in [4.69, 9.17) is 10.00 Å². The van der Waals surface area contributed by atoms with Gasteiger partial charge in [0.2, 0.25) is 0 Å². The number of benzene rings is 2. The van der Waals surface area contributed by atoms with E-state index >= 15 is 0 Å².